The van der Waals surface area contributed by atoms with Crippen LogP contribution in [0.1, 0.15) is 44.0 Å². The predicted octanol–water partition coefficient (Wildman–Crippen LogP) is 2.75. The lowest BCUT2D eigenvalue weighted by atomic mass is 10.1. The molecule has 1 aromatic rings. The van der Waals surface area contributed by atoms with Crippen LogP contribution in [0.2, 0.25) is 0 Å². The monoisotopic (exact) mass is 293 g/mol. The third-order valence-electron chi connectivity index (χ3n) is 4.09. The number of pyridine rings is 1. The average Bonchev–Trinajstić information content (AvgIpc) is 2.47. The van der Waals surface area contributed by atoms with Crippen LogP contribution < -0.4 is 4.90 Å². The molecule has 0 radical (unpaired) electrons. The van der Waals surface area contributed by atoms with E-state index in [2.05, 4.69) is 35.6 Å². The van der Waals surface area contributed by atoms with Gasteiger partial charge in [-0.05, 0) is 58.5 Å². The zero-order valence-corrected chi connectivity index (χ0v) is 14.3. The van der Waals surface area contributed by atoms with Gasteiger partial charge in [-0.25, -0.2) is 4.98 Å². The highest BCUT2D eigenvalue weighted by molar-refractivity contribution is 5.51. The van der Waals surface area contributed by atoms with Gasteiger partial charge in [-0.3, -0.25) is 0 Å². The molecule has 1 aromatic heterocycles. The first kappa shape index (κ1) is 17.9. The van der Waals surface area contributed by atoms with Crippen molar-refractivity contribution in [2.24, 2.45) is 0 Å². The standard InChI is InChI=1S/C17H31N3O/c1-6-19(7-2)10-9-11-20(8-3)17-16(13-21)14(4)12-15(5)18-17/h12,21H,6-11,13H2,1-5H3. The fourth-order valence-electron chi connectivity index (χ4n) is 2.74. The second kappa shape index (κ2) is 9.00. The van der Waals surface area contributed by atoms with Crippen molar-refractivity contribution >= 4 is 5.82 Å². The van der Waals surface area contributed by atoms with Gasteiger partial charge in [0.15, 0.2) is 0 Å². The number of aryl methyl sites for hydroxylation is 2. The van der Waals surface area contributed by atoms with Gasteiger partial charge in [-0.1, -0.05) is 13.8 Å². The molecule has 4 nitrogen and oxygen atoms in total. The van der Waals surface area contributed by atoms with Crippen molar-refractivity contribution in [2.45, 2.75) is 47.6 Å². The molecule has 0 aromatic carbocycles. The number of anilines is 1. The molecule has 0 saturated carbocycles. The van der Waals surface area contributed by atoms with Gasteiger partial charge >= 0.3 is 0 Å². The summed E-state index contributed by atoms with van der Waals surface area (Å²) in [5, 5.41) is 9.65. The summed E-state index contributed by atoms with van der Waals surface area (Å²) in [4.78, 5) is 9.39. The number of rotatable bonds is 9. The Morgan fingerprint density at radius 3 is 2.24 bits per heavy atom. The summed E-state index contributed by atoms with van der Waals surface area (Å²) in [6.45, 7) is 15.9. The van der Waals surface area contributed by atoms with Crippen LogP contribution in [0, 0.1) is 13.8 Å². The minimum absolute atomic E-state index is 0.0565. The topological polar surface area (TPSA) is 39.6 Å². The predicted molar refractivity (Wildman–Crippen MR) is 89.9 cm³/mol. The fourth-order valence-corrected chi connectivity index (χ4v) is 2.74. The molecular weight excluding hydrogens is 262 g/mol. The van der Waals surface area contributed by atoms with Gasteiger partial charge in [0.05, 0.1) is 6.61 Å². The van der Waals surface area contributed by atoms with Gasteiger partial charge in [0.1, 0.15) is 5.82 Å². The normalized spacial score (nSPS) is 11.2. The molecule has 0 bridgehead atoms. The number of hydrogen-bond acceptors (Lipinski definition) is 4. The molecule has 0 atom stereocenters. The highest BCUT2D eigenvalue weighted by Crippen LogP contribution is 2.22. The van der Waals surface area contributed by atoms with Crippen LogP contribution in [0.4, 0.5) is 5.82 Å². The Morgan fingerprint density at radius 1 is 1.05 bits per heavy atom. The van der Waals surface area contributed by atoms with Gasteiger partial charge in [0.25, 0.3) is 0 Å². The van der Waals surface area contributed by atoms with Crippen molar-refractivity contribution in [2.75, 3.05) is 37.6 Å². The highest BCUT2D eigenvalue weighted by Gasteiger charge is 2.14. The number of aromatic nitrogens is 1. The van der Waals surface area contributed by atoms with Crippen molar-refractivity contribution in [1.82, 2.24) is 9.88 Å². The largest absolute Gasteiger partial charge is 0.392 e. The molecule has 0 saturated heterocycles. The average molecular weight is 293 g/mol. The van der Waals surface area contributed by atoms with Crippen LogP contribution in [-0.4, -0.2) is 47.7 Å². The van der Waals surface area contributed by atoms with Crippen molar-refractivity contribution in [1.29, 1.82) is 0 Å². The SMILES string of the molecule is CCN(CC)CCCN(CC)c1nc(C)cc(C)c1CO. The summed E-state index contributed by atoms with van der Waals surface area (Å²) in [5.74, 6) is 0.956. The van der Waals surface area contributed by atoms with Gasteiger partial charge < -0.3 is 14.9 Å². The molecule has 4 heteroatoms. The van der Waals surface area contributed by atoms with Crippen LogP contribution in [0.5, 0.6) is 0 Å². The number of nitrogens with zero attached hydrogens (tertiary/aromatic N) is 3. The molecule has 0 spiro atoms. The molecular formula is C17H31N3O. The molecule has 1 heterocycles. The second-order valence-corrected chi connectivity index (χ2v) is 5.50. The van der Waals surface area contributed by atoms with Crippen molar-refractivity contribution in [3.8, 4) is 0 Å². The number of aliphatic hydroxyl groups is 1. The Kier molecular flexibility index (Phi) is 7.68. The van der Waals surface area contributed by atoms with E-state index in [1.54, 1.807) is 0 Å². The van der Waals surface area contributed by atoms with E-state index < -0.39 is 0 Å². The molecule has 0 aliphatic heterocycles. The maximum Gasteiger partial charge on any atom is 0.134 e. The Balaban J connectivity index is 2.80. The van der Waals surface area contributed by atoms with E-state index in [9.17, 15) is 5.11 Å². The fraction of sp³-hybridized carbons (Fsp3) is 0.706. The zero-order chi connectivity index (χ0) is 15.8. The highest BCUT2D eigenvalue weighted by atomic mass is 16.3. The van der Waals surface area contributed by atoms with Crippen LogP contribution in [0.25, 0.3) is 0 Å². The first-order chi connectivity index (χ1) is 10.1. The maximum atomic E-state index is 9.65. The van der Waals surface area contributed by atoms with Gasteiger partial charge in [-0.15, -0.1) is 0 Å². The Bertz CT molecular complexity index is 430. The molecule has 120 valence electrons. The van der Waals surface area contributed by atoms with Crippen LogP contribution in [-0.2, 0) is 6.61 Å². The summed E-state index contributed by atoms with van der Waals surface area (Å²) in [6.07, 6.45) is 1.12. The van der Waals surface area contributed by atoms with Gasteiger partial charge in [0, 0.05) is 24.3 Å². The molecule has 0 amide bonds. The molecule has 0 aliphatic carbocycles. The van der Waals surface area contributed by atoms with E-state index in [1.807, 2.05) is 19.9 Å². The minimum Gasteiger partial charge on any atom is -0.392 e. The van der Waals surface area contributed by atoms with Crippen LogP contribution in [0.3, 0.4) is 0 Å². The van der Waals surface area contributed by atoms with E-state index in [0.717, 1.165) is 61.8 Å². The first-order valence-corrected chi connectivity index (χ1v) is 8.12. The number of aliphatic hydroxyl groups excluding tert-OH is 1. The second-order valence-electron chi connectivity index (χ2n) is 5.50. The van der Waals surface area contributed by atoms with Crippen molar-refractivity contribution < 1.29 is 5.11 Å². The lowest BCUT2D eigenvalue weighted by molar-refractivity contribution is 0.280. The smallest absolute Gasteiger partial charge is 0.134 e. The molecule has 0 fully saturated rings. The summed E-state index contributed by atoms with van der Waals surface area (Å²) in [7, 11) is 0. The summed E-state index contributed by atoms with van der Waals surface area (Å²) in [5.41, 5.74) is 3.11. The summed E-state index contributed by atoms with van der Waals surface area (Å²) < 4.78 is 0. The van der Waals surface area contributed by atoms with Crippen molar-refractivity contribution in [3.63, 3.8) is 0 Å². The molecule has 1 N–H and O–H groups in total. The van der Waals surface area contributed by atoms with Gasteiger partial charge in [-0.2, -0.15) is 0 Å². The zero-order valence-electron chi connectivity index (χ0n) is 14.3. The van der Waals surface area contributed by atoms with E-state index in [-0.39, 0.29) is 6.61 Å². The Labute approximate surface area is 129 Å². The van der Waals surface area contributed by atoms with E-state index in [1.165, 1.54) is 0 Å². The quantitative estimate of drug-likeness (QED) is 0.760. The third kappa shape index (κ3) is 4.97. The molecule has 0 aliphatic rings. The van der Waals surface area contributed by atoms with Crippen LogP contribution in [0.15, 0.2) is 6.07 Å². The Morgan fingerprint density at radius 2 is 1.71 bits per heavy atom. The maximum absolute atomic E-state index is 9.65. The first-order valence-electron chi connectivity index (χ1n) is 8.12. The van der Waals surface area contributed by atoms with Crippen LogP contribution >= 0.6 is 0 Å². The third-order valence-corrected chi connectivity index (χ3v) is 4.09. The van der Waals surface area contributed by atoms with E-state index >= 15 is 0 Å². The summed E-state index contributed by atoms with van der Waals surface area (Å²) >= 11 is 0. The van der Waals surface area contributed by atoms with E-state index in [0.29, 0.717) is 0 Å². The molecule has 21 heavy (non-hydrogen) atoms. The molecule has 1 rings (SSSR count). The minimum atomic E-state index is 0.0565. The lowest BCUT2D eigenvalue weighted by Gasteiger charge is -2.27. The van der Waals surface area contributed by atoms with E-state index in [4.69, 9.17) is 0 Å². The number of hydrogen-bond donors (Lipinski definition) is 1. The molecule has 0 unspecified atom stereocenters. The summed E-state index contributed by atoms with van der Waals surface area (Å²) in [6, 6.07) is 2.04. The lowest BCUT2D eigenvalue weighted by Crippen LogP contribution is -2.31. The van der Waals surface area contributed by atoms with Gasteiger partial charge in [0.2, 0.25) is 0 Å². The Hall–Kier alpha value is -1.13. The van der Waals surface area contributed by atoms with Crippen molar-refractivity contribution in [3.05, 3.63) is 22.9 Å².